The van der Waals surface area contributed by atoms with Crippen LogP contribution in [-0.4, -0.2) is 35.8 Å². The third-order valence-corrected chi connectivity index (χ3v) is 3.83. The van der Waals surface area contributed by atoms with E-state index in [4.69, 9.17) is 5.73 Å². The fraction of sp³-hybridized carbons (Fsp3) is 0.833. The lowest BCUT2D eigenvalue weighted by Crippen LogP contribution is -2.36. The summed E-state index contributed by atoms with van der Waals surface area (Å²) in [5.41, 5.74) is 6.05. The maximum atomic E-state index is 6.02. The van der Waals surface area contributed by atoms with Crippen LogP contribution in [-0.2, 0) is 5.41 Å². The molecule has 1 aromatic heterocycles. The fourth-order valence-corrected chi connectivity index (χ4v) is 2.63. The standard InChI is InChI=1S/C12H23N5/c1-17(2)11-14-10(15-16-11)12(9-13)7-5-3-4-6-8-12/h3-9,13H2,1-2H3,(H,14,15,16). The number of rotatable bonds is 3. The van der Waals surface area contributed by atoms with Crippen molar-refractivity contribution >= 4 is 5.95 Å². The van der Waals surface area contributed by atoms with Crippen molar-refractivity contribution in [2.45, 2.75) is 43.9 Å². The van der Waals surface area contributed by atoms with Gasteiger partial charge in [-0.05, 0) is 12.8 Å². The summed E-state index contributed by atoms with van der Waals surface area (Å²) in [5.74, 6) is 1.72. The van der Waals surface area contributed by atoms with Crippen molar-refractivity contribution < 1.29 is 0 Å². The number of nitrogens with zero attached hydrogens (tertiary/aromatic N) is 3. The smallest absolute Gasteiger partial charge is 0.244 e. The fourth-order valence-electron chi connectivity index (χ4n) is 2.63. The summed E-state index contributed by atoms with van der Waals surface area (Å²) in [5, 5.41) is 7.34. The Bertz CT molecular complexity index is 350. The number of anilines is 1. The van der Waals surface area contributed by atoms with Crippen LogP contribution in [0.2, 0.25) is 0 Å². The van der Waals surface area contributed by atoms with Crippen LogP contribution in [0.15, 0.2) is 0 Å². The zero-order valence-corrected chi connectivity index (χ0v) is 10.9. The van der Waals surface area contributed by atoms with E-state index in [2.05, 4.69) is 15.2 Å². The molecular formula is C12H23N5. The van der Waals surface area contributed by atoms with Crippen molar-refractivity contribution in [3.8, 4) is 0 Å². The number of aromatic amines is 1. The molecule has 96 valence electrons. The lowest BCUT2D eigenvalue weighted by atomic mass is 9.80. The van der Waals surface area contributed by atoms with E-state index >= 15 is 0 Å². The topological polar surface area (TPSA) is 70.8 Å². The van der Waals surface area contributed by atoms with Crippen molar-refractivity contribution in [1.29, 1.82) is 0 Å². The van der Waals surface area contributed by atoms with E-state index in [1.807, 2.05) is 19.0 Å². The monoisotopic (exact) mass is 237 g/mol. The van der Waals surface area contributed by atoms with Crippen LogP contribution in [0.3, 0.4) is 0 Å². The van der Waals surface area contributed by atoms with Gasteiger partial charge < -0.3 is 10.6 Å². The third kappa shape index (κ3) is 2.44. The Morgan fingerprint density at radius 1 is 1.24 bits per heavy atom. The lowest BCUT2D eigenvalue weighted by molar-refractivity contribution is 0.360. The predicted octanol–water partition coefficient (Wildman–Crippen LogP) is 1.42. The van der Waals surface area contributed by atoms with Gasteiger partial charge in [-0.15, -0.1) is 5.10 Å². The molecule has 3 N–H and O–H groups in total. The first-order chi connectivity index (χ1) is 8.18. The van der Waals surface area contributed by atoms with Gasteiger partial charge in [0.25, 0.3) is 0 Å². The van der Waals surface area contributed by atoms with E-state index in [1.54, 1.807) is 0 Å². The van der Waals surface area contributed by atoms with Crippen molar-refractivity contribution in [2.24, 2.45) is 5.73 Å². The van der Waals surface area contributed by atoms with E-state index < -0.39 is 0 Å². The second-order valence-corrected chi connectivity index (χ2v) is 5.28. The summed E-state index contributed by atoms with van der Waals surface area (Å²) in [6.07, 6.45) is 7.38. The van der Waals surface area contributed by atoms with Crippen LogP contribution >= 0.6 is 0 Å². The first-order valence-electron chi connectivity index (χ1n) is 6.48. The Balaban J connectivity index is 2.25. The molecule has 5 heteroatoms. The Hall–Kier alpha value is -1.10. The Kier molecular flexibility index (Phi) is 3.66. The minimum Gasteiger partial charge on any atom is -0.346 e. The molecule has 0 unspecified atom stereocenters. The Labute approximate surface area is 103 Å². The van der Waals surface area contributed by atoms with Gasteiger partial charge in [0, 0.05) is 26.1 Å². The molecule has 0 aliphatic heterocycles. The van der Waals surface area contributed by atoms with Gasteiger partial charge in [-0.3, -0.25) is 5.10 Å². The molecule has 1 aromatic rings. The molecule has 2 rings (SSSR count). The molecule has 0 saturated heterocycles. The minimum atomic E-state index is 0.0256. The molecule has 0 bridgehead atoms. The van der Waals surface area contributed by atoms with Crippen molar-refractivity contribution in [3.63, 3.8) is 0 Å². The molecule has 1 heterocycles. The second-order valence-electron chi connectivity index (χ2n) is 5.28. The summed E-state index contributed by atoms with van der Waals surface area (Å²) in [6, 6.07) is 0. The molecule has 1 saturated carbocycles. The van der Waals surface area contributed by atoms with E-state index in [1.165, 1.54) is 25.7 Å². The largest absolute Gasteiger partial charge is 0.346 e. The number of aromatic nitrogens is 3. The first-order valence-corrected chi connectivity index (χ1v) is 6.48. The minimum absolute atomic E-state index is 0.0256. The van der Waals surface area contributed by atoms with Crippen LogP contribution < -0.4 is 10.6 Å². The molecule has 0 spiro atoms. The Morgan fingerprint density at radius 2 is 1.88 bits per heavy atom. The summed E-state index contributed by atoms with van der Waals surface area (Å²) < 4.78 is 0. The SMILES string of the molecule is CN(C)c1n[nH]c(C2(CN)CCCCCC2)n1. The summed E-state index contributed by atoms with van der Waals surface area (Å²) in [6.45, 7) is 0.662. The highest BCUT2D eigenvalue weighted by Crippen LogP contribution is 2.36. The second kappa shape index (κ2) is 5.04. The lowest BCUT2D eigenvalue weighted by Gasteiger charge is -2.28. The van der Waals surface area contributed by atoms with Crippen molar-refractivity contribution in [2.75, 3.05) is 25.5 Å². The highest BCUT2D eigenvalue weighted by molar-refractivity contribution is 5.27. The van der Waals surface area contributed by atoms with Crippen LogP contribution in [0.4, 0.5) is 5.95 Å². The maximum Gasteiger partial charge on any atom is 0.244 e. The van der Waals surface area contributed by atoms with Crippen LogP contribution in [0.25, 0.3) is 0 Å². The van der Waals surface area contributed by atoms with E-state index in [9.17, 15) is 0 Å². The number of H-pyrrole nitrogens is 1. The van der Waals surface area contributed by atoms with Crippen LogP contribution in [0, 0.1) is 0 Å². The van der Waals surface area contributed by atoms with Crippen LogP contribution in [0.5, 0.6) is 0 Å². The number of nitrogens with one attached hydrogen (secondary N) is 1. The van der Waals surface area contributed by atoms with Gasteiger partial charge in [0.15, 0.2) is 0 Å². The Morgan fingerprint density at radius 3 is 2.35 bits per heavy atom. The number of nitrogens with two attached hydrogens (primary N) is 1. The van der Waals surface area contributed by atoms with E-state index in [0.717, 1.165) is 24.6 Å². The maximum absolute atomic E-state index is 6.02. The summed E-state index contributed by atoms with van der Waals surface area (Å²) in [7, 11) is 3.91. The van der Waals surface area contributed by atoms with E-state index in [-0.39, 0.29) is 5.41 Å². The molecule has 0 amide bonds. The molecule has 0 radical (unpaired) electrons. The van der Waals surface area contributed by atoms with Gasteiger partial charge in [-0.2, -0.15) is 4.98 Å². The van der Waals surface area contributed by atoms with Gasteiger partial charge in [-0.25, -0.2) is 0 Å². The molecule has 17 heavy (non-hydrogen) atoms. The summed E-state index contributed by atoms with van der Waals surface area (Å²) in [4.78, 5) is 6.51. The highest BCUT2D eigenvalue weighted by atomic mass is 15.3. The molecule has 5 nitrogen and oxygen atoms in total. The molecule has 1 fully saturated rings. The molecule has 1 aliphatic rings. The van der Waals surface area contributed by atoms with E-state index in [0.29, 0.717) is 6.54 Å². The zero-order valence-electron chi connectivity index (χ0n) is 10.9. The normalized spacial score (nSPS) is 19.9. The molecule has 0 atom stereocenters. The number of hydrogen-bond acceptors (Lipinski definition) is 4. The van der Waals surface area contributed by atoms with Crippen LogP contribution in [0.1, 0.15) is 44.3 Å². The van der Waals surface area contributed by atoms with Gasteiger partial charge in [0.2, 0.25) is 5.95 Å². The predicted molar refractivity (Wildman–Crippen MR) is 69.1 cm³/mol. The molecule has 1 aliphatic carbocycles. The average molecular weight is 237 g/mol. The molecular weight excluding hydrogens is 214 g/mol. The van der Waals surface area contributed by atoms with Gasteiger partial charge >= 0.3 is 0 Å². The van der Waals surface area contributed by atoms with Gasteiger partial charge in [0.05, 0.1) is 0 Å². The third-order valence-electron chi connectivity index (χ3n) is 3.83. The van der Waals surface area contributed by atoms with Crippen molar-refractivity contribution in [3.05, 3.63) is 5.82 Å². The average Bonchev–Trinajstić information content (AvgIpc) is 2.70. The summed E-state index contributed by atoms with van der Waals surface area (Å²) >= 11 is 0. The quantitative estimate of drug-likeness (QED) is 0.780. The molecule has 0 aromatic carbocycles. The first kappa shape index (κ1) is 12.4. The zero-order chi connectivity index (χ0) is 12.3. The highest BCUT2D eigenvalue weighted by Gasteiger charge is 2.34. The van der Waals surface area contributed by atoms with Gasteiger partial charge in [-0.1, -0.05) is 25.7 Å². The number of hydrogen-bond donors (Lipinski definition) is 2. The van der Waals surface area contributed by atoms with Crippen molar-refractivity contribution in [1.82, 2.24) is 15.2 Å². The van der Waals surface area contributed by atoms with Gasteiger partial charge in [0.1, 0.15) is 5.82 Å².